The van der Waals surface area contributed by atoms with Gasteiger partial charge < -0.3 is 4.74 Å². The van der Waals surface area contributed by atoms with E-state index < -0.39 is 0 Å². The van der Waals surface area contributed by atoms with Crippen molar-refractivity contribution in [3.05, 3.63) is 72.3 Å². The number of hydrogen-bond donors (Lipinski definition) is 0. The van der Waals surface area contributed by atoms with E-state index in [9.17, 15) is 0 Å². The molecule has 29 heavy (non-hydrogen) atoms. The highest BCUT2D eigenvalue weighted by atomic mass is 16.5. The summed E-state index contributed by atoms with van der Waals surface area (Å²) in [7, 11) is 0. The molecule has 0 bridgehead atoms. The number of imidazole rings is 1. The average Bonchev–Trinajstić information content (AvgIpc) is 3.48. The van der Waals surface area contributed by atoms with Gasteiger partial charge in [-0.15, -0.1) is 0 Å². The maximum atomic E-state index is 5.78. The van der Waals surface area contributed by atoms with Gasteiger partial charge >= 0.3 is 0 Å². The van der Waals surface area contributed by atoms with Gasteiger partial charge in [0.05, 0.1) is 18.0 Å². The van der Waals surface area contributed by atoms with Crippen LogP contribution < -0.4 is 4.74 Å². The first kappa shape index (κ1) is 17.9. The first-order valence-electron chi connectivity index (χ1n) is 10.3. The standard InChI is InChI=1S/C25H25N3O/c1-16(2)29-21-9-6-18(7-10-21)22-15-28-24(14-27-25(28)12-17(22)3)20-8-11-23(26-13-20)19-4-5-19/h6-16,19H,4-5H2,1-3H3. The van der Waals surface area contributed by atoms with Gasteiger partial charge in [0.2, 0.25) is 0 Å². The van der Waals surface area contributed by atoms with Crippen LogP contribution in [0.25, 0.3) is 28.0 Å². The third-order valence-corrected chi connectivity index (χ3v) is 5.47. The van der Waals surface area contributed by atoms with E-state index >= 15 is 0 Å². The maximum absolute atomic E-state index is 5.78. The Kier molecular flexibility index (Phi) is 4.35. The van der Waals surface area contributed by atoms with Gasteiger partial charge in [-0.25, -0.2) is 4.98 Å². The van der Waals surface area contributed by atoms with Crippen LogP contribution >= 0.6 is 0 Å². The Balaban J connectivity index is 1.53. The van der Waals surface area contributed by atoms with Crippen molar-refractivity contribution in [1.29, 1.82) is 0 Å². The maximum Gasteiger partial charge on any atom is 0.137 e. The molecule has 0 atom stereocenters. The molecule has 1 saturated carbocycles. The second kappa shape index (κ2) is 7.03. The molecule has 1 aliphatic carbocycles. The van der Waals surface area contributed by atoms with Gasteiger partial charge in [-0.2, -0.15) is 0 Å². The van der Waals surface area contributed by atoms with Gasteiger partial charge in [0.1, 0.15) is 11.4 Å². The van der Waals surface area contributed by atoms with E-state index in [0.717, 1.165) is 22.7 Å². The fraction of sp³-hybridized carbons (Fsp3) is 0.280. The van der Waals surface area contributed by atoms with Crippen molar-refractivity contribution in [2.45, 2.75) is 45.6 Å². The molecule has 4 heteroatoms. The number of aryl methyl sites for hydroxylation is 1. The van der Waals surface area contributed by atoms with Crippen molar-refractivity contribution in [2.24, 2.45) is 0 Å². The highest BCUT2D eigenvalue weighted by molar-refractivity contribution is 5.72. The Morgan fingerprint density at radius 2 is 1.72 bits per heavy atom. The molecule has 1 aliphatic rings. The van der Waals surface area contributed by atoms with Crippen molar-refractivity contribution in [3.8, 4) is 28.1 Å². The number of fused-ring (bicyclic) bond motifs is 1. The number of hydrogen-bond acceptors (Lipinski definition) is 3. The van der Waals surface area contributed by atoms with E-state index in [0.29, 0.717) is 5.92 Å². The highest BCUT2D eigenvalue weighted by Gasteiger charge is 2.24. The number of aromatic nitrogens is 3. The topological polar surface area (TPSA) is 39.4 Å². The first-order valence-corrected chi connectivity index (χ1v) is 10.3. The van der Waals surface area contributed by atoms with Crippen LogP contribution in [0.4, 0.5) is 0 Å². The van der Waals surface area contributed by atoms with Crippen molar-refractivity contribution in [3.63, 3.8) is 0 Å². The molecular weight excluding hydrogens is 358 g/mol. The van der Waals surface area contributed by atoms with E-state index in [2.05, 4.69) is 57.8 Å². The predicted molar refractivity (Wildman–Crippen MR) is 116 cm³/mol. The number of pyridine rings is 2. The molecule has 5 rings (SSSR count). The summed E-state index contributed by atoms with van der Waals surface area (Å²) in [5.41, 5.74) is 7.88. The van der Waals surface area contributed by atoms with Crippen LogP contribution in [0.5, 0.6) is 5.75 Å². The average molecular weight is 383 g/mol. The molecule has 0 radical (unpaired) electrons. The molecule has 146 valence electrons. The highest BCUT2D eigenvalue weighted by Crippen LogP contribution is 2.39. The molecule has 1 aromatic carbocycles. The summed E-state index contributed by atoms with van der Waals surface area (Å²) in [5, 5.41) is 0. The lowest BCUT2D eigenvalue weighted by Gasteiger charge is -2.12. The third-order valence-electron chi connectivity index (χ3n) is 5.47. The number of benzene rings is 1. The fourth-order valence-electron chi connectivity index (χ4n) is 3.80. The summed E-state index contributed by atoms with van der Waals surface area (Å²) in [4.78, 5) is 9.30. The Morgan fingerprint density at radius 1 is 0.966 bits per heavy atom. The zero-order chi connectivity index (χ0) is 20.0. The number of ether oxygens (including phenoxy) is 1. The molecule has 0 saturated heterocycles. The molecule has 4 nitrogen and oxygen atoms in total. The molecule has 3 heterocycles. The number of rotatable bonds is 5. The lowest BCUT2D eigenvalue weighted by molar-refractivity contribution is 0.242. The molecule has 0 spiro atoms. The van der Waals surface area contributed by atoms with Crippen LogP contribution in [0.2, 0.25) is 0 Å². The van der Waals surface area contributed by atoms with Crippen molar-refractivity contribution in [1.82, 2.24) is 14.4 Å². The van der Waals surface area contributed by atoms with E-state index in [4.69, 9.17) is 4.74 Å². The third kappa shape index (κ3) is 3.51. The van der Waals surface area contributed by atoms with Crippen molar-refractivity contribution in [2.75, 3.05) is 0 Å². The summed E-state index contributed by atoms with van der Waals surface area (Å²) < 4.78 is 7.94. The Labute approximate surface area is 171 Å². The Morgan fingerprint density at radius 3 is 2.38 bits per heavy atom. The molecule has 0 N–H and O–H groups in total. The van der Waals surface area contributed by atoms with Crippen molar-refractivity contribution >= 4 is 5.65 Å². The lowest BCUT2D eigenvalue weighted by Crippen LogP contribution is -2.05. The normalized spacial score (nSPS) is 13.9. The summed E-state index contributed by atoms with van der Waals surface area (Å²) in [5.74, 6) is 1.57. The van der Waals surface area contributed by atoms with Crippen LogP contribution in [-0.2, 0) is 0 Å². The van der Waals surface area contributed by atoms with Crippen LogP contribution in [0.15, 0.2) is 61.1 Å². The summed E-state index contributed by atoms with van der Waals surface area (Å²) >= 11 is 0. The lowest BCUT2D eigenvalue weighted by atomic mass is 10.0. The van der Waals surface area contributed by atoms with E-state index in [1.165, 1.54) is 35.2 Å². The minimum absolute atomic E-state index is 0.173. The SMILES string of the molecule is Cc1cc2ncc(-c3ccc(C4CC4)nc3)n2cc1-c1ccc(OC(C)C)cc1. The Hall–Kier alpha value is -3.14. The molecular formula is C25H25N3O. The minimum Gasteiger partial charge on any atom is -0.491 e. The van der Waals surface area contributed by atoms with Gasteiger partial charge in [0, 0.05) is 35.1 Å². The second-order valence-electron chi connectivity index (χ2n) is 8.18. The monoisotopic (exact) mass is 383 g/mol. The molecule has 0 unspecified atom stereocenters. The minimum atomic E-state index is 0.173. The number of nitrogens with zero attached hydrogens (tertiary/aromatic N) is 3. The molecule has 0 amide bonds. The first-order chi connectivity index (χ1) is 14.1. The summed E-state index contributed by atoms with van der Waals surface area (Å²) in [6.07, 6.45) is 8.81. The fourth-order valence-corrected chi connectivity index (χ4v) is 3.80. The van der Waals surface area contributed by atoms with Gasteiger partial charge in [0.15, 0.2) is 0 Å². The van der Waals surface area contributed by atoms with E-state index in [1.54, 1.807) is 0 Å². The van der Waals surface area contributed by atoms with Crippen LogP contribution in [0.1, 0.15) is 43.9 Å². The van der Waals surface area contributed by atoms with Gasteiger partial charge in [-0.05, 0) is 75.1 Å². The zero-order valence-electron chi connectivity index (χ0n) is 17.1. The van der Waals surface area contributed by atoms with Gasteiger partial charge in [-0.3, -0.25) is 9.38 Å². The van der Waals surface area contributed by atoms with Gasteiger partial charge in [0.25, 0.3) is 0 Å². The molecule has 4 aromatic rings. The molecule has 1 fully saturated rings. The van der Waals surface area contributed by atoms with Crippen LogP contribution in [0.3, 0.4) is 0 Å². The van der Waals surface area contributed by atoms with Gasteiger partial charge in [-0.1, -0.05) is 12.1 Å². The quantitative estimate of drug-likeness (QED) is 0.422. The molecule has 3 aromatic heterocycles. The second-order valence-corrected chi connectivity index (χ2v) is 8.18. The van der Waals surface area contributed by atoms with E-state index in [-0.39, 0.29) is 6.10 Å². The zero-order valence-corrected chi connectivity index (χ0v) is 17.1. The van der Waals surface area contributed by atoms with Crippen LogP contribution in [0, 0.1) is 6.92 Å². The van der Waals surface area contributed by atoms with Crippen LogP contribution in [-0.4, -0.2) is 20.5 Å². The largest absolute Gasteiger partial charge is 0.491 e. The summed E-state index contributed by atoms with van der Waals surface area (Å²) in [6.45, 7) is 6.21. The smallest absolute Gasteiger partial charge is 0.137 e. The van der Waals surface area contributed by atoms with Crippen molar-refractivity contribution < 1.29 is 4.74 Å². The van der Waals surface area contributed by atoms with E-state index in [1.807, 2.05) is 38.4 Å². The predicted octanol–water partition coefficient (Wildman–Crippen LogP) is 6.04. The molecule has 0 aliphatic heterocycles. The summed E-state index contributed by atoms with van der Waals surface area (Å²) in [6, 6.07) is 14.8. The Bertz CT molecular complexity index is 1150.